The first kappa shape index (κ1) is 13.0. The molecule has 0 radical (unpaired) electrons. The maximum atomic E-state index is 13.3. The number of nitrogens with one attached hydrogen (secondary N) is 3. The fourth-order valence-corrected chi connectivity index (χ4v) is 2.10. The van der Waals surface area contributed by atoms with E-state index < -0.39 is 23.8 Å². The number of fused-ring (bicyclic) bond motifs is 1. The van der Waals surface area contributed by atoms with Crippen molar-refractivity contribution in [2.24, 2.45) is 0 Å². The van der Waals surface area contributed by atoms with E-state index in [4.69, 9.17) is 0 Å². The van der Waals surface area contributed by atoms with Crippen molar-refractivity contribution in [1.29, 1.82) is 0 Å². The lowest BCUT2D eigenvalue weighted by molar-refractivity contribution is -0.117. The Hall–Kier alpha value is -2.96. The van der Waals surface area contributed by atoms with Crippen molar-refractivity contribution in [2.75, 3.05) is 10.6 Å². The molecule has 0 aliphatic carbocycles. The van der Waals surface area contributed by atoms with Gasteiger partial charge < -0.3 is 10.6 Å². The summed E-state index contributed by atoms with van der Waals surface area (Å²) in [6, 6.07) is 7.45. The van der Waals surface area contributed by atoms with E-state index in [2.05, 4.69) is 20.9 Å². The van der Waals surface area contributed by atoms with E-state index in [0.717, 1.165) is 0 Å². The number of nitrogens with zero attached hydrogens (tertiary/aromatic N) is 1. The lowest BCUT2D eigenvalue weighted by Gasteiger charge is -2.12. The zero-order valence-electron chi connectivity index (χ0n) is 10.8. The van der Waals surface area contributed by atoms with E-state index in [9.17, 15) is 14.0 Å². The maximum Gasteiger partial charge on any atom is 0.321 e. The molecule has 0 saturated carbocycles. The number of halogens is 1. The number of carbonyl (C=O) groups excluding carboxylic acids is 2. The first-order chi connectivity index (χ1) is 10.1. The summed E-state index contributed by atoms with van der Waals surface area (Å²) in [5.74, 6) is -0.526. The average Bonchev–Trinajstić information content (AvgIpc) is 2.76. The molecule has 1 aliphatic heterocycles. The standard InChI is InChI=1S/C14H11FN4O2/c15-8-4-5-10-9(7-8)12(13(20)17-10)19-14(21)18-11-3-1-2-6-16-11/h1-7,12H,(H,17,20)(H2,16,18,19,21). The van der Waals surface area contributed by atoms with Gasteiger partial charge in [-0.25, -0.2) is 14.2 Å². The third-order valence-electron chi connectivity index (χ3n) is 3.03. The van der Waals surface area contributed by atoms with Crippen LogP contribution in [0.2, 0.25) is 0 Å². The fourth-order valence-electron chi connectivity index (χ4n) is 2.10. The first-order valence-corrected chi connectivity index (χ1v) is 6.22. The number of anilines is 2. The predicted octanol–water partition coefficient (Wildman–Crippen LogP) is 2.04. The third kappa shape index (κ3) is 2.66. The van der Waals surface area contributed by atoms with Crippen LogP contribution in [0.15, 0.2) is 42.6 Å². The fraction of sp³-hybridized carbons (Fsp3) is 0.0714. The summed E-state index contributed by atoms with van der Waals surface area (Å²) in [5, 5.41) is 7.57. The summed E-state index contributed by atoms with van der Waals surface area (Å²) in [5.41, 5.74) is 0.890. The second kappa shape index (κ2) is 5.20. The molecule has 1 aliphatic rings. The maximum absolute atomic E-state index is 13.3. The van der Waals surface area contributed by atoms with Crippen molar-refractivity contribution < 1.29 is 14.0 Å². The van der Waals surface area contributed by atoms with E-state index in [1.807, 2.05) is 0 Å². The molecule has 2 aromatic rings. The van der Waals surface area contributed by atoms with Gasteiger partial charge in [-0.15, -0.1) is 0 Å². The van der Waals surface area contributed by atoms with Crippen LogP contribution in [-0.2, 0) is 4.79 Å². The zero-order valence-corrected chi connectivity index (χ0v) is 10.8. The molecule has 0 fully saturated rings. The van der Waals surface area contributed by atoms with E-state index in [-0.39, 0.29) is 0 Å². The molecule has 3 amide bonds. The van der Waals surface area contributed by atoms with E-state index in [0.29, 0.717) is 17.1 Å². The highest BCUT2D eigenvalue weighted by Gasteiger charge is 2.32. The van der Waals surface area contributed by atoms with Crippen molar-refractivity contribution in [3.63, 3.8) is 0 Å². The van der Waals surface area contributed by atoms with Gasteiger partial charge in [0.2, 0.25) is 0 Å². The number of aromatic nitrogens is 1. The van der Waals surface area contributed by atoms with Crippen molar-refractivity contribution in [3.8, 4) is 0 Å². The molecular formula is C14H11FN4O2. The van der Waals surface area contributed by atoms with Gasteiger partial charge >= 0.3 is 6.03 Å². The van der Waals surface area contributed by atoms with Gasteiger partial charge in [0.1, 0.15) is 17.7 Å². The van der Waals surface area contributed by atoms with Gasteiger partial charge in [0.15, 0.2) is 0 Å². The quantitative estimate of drug-likeness (QED) is 0.790. The Morgan fingerprint density at radius 2 is 2.14 bits per heavy atom. The number of carbonyl (C=O) groups is 2. The molecule has 0 bridgehead atoms. The lowest BCUT2D eigenvalue weighted by atomic mass is 10.1. The summed E-state index contributed by atoms with van der Waals surface area (Å²) in [6.45, 7) is 0. The summed E-state index contributed by atoms with van der Waals surface area (Å²) in [6.07, 6.45) is 1.53. The summed E-state index contributed by atoms with van der Waals surface area (Å²) < 4.78 is 13.3. The number of hydrogen-bond acceptors (Lipinski definition) is 3. The minimum Gasteiger partial charge on any atom is -0.324 e. The Labute approximate surface area is 119 Å². The first-order valence-electron chi connectivity index (χ1n) is 6.22. The molecule has 1 aromatic carbocycles. The Balaban J connectivity index is 1.75. The average molecular weight is 286 g/mol. The number of urea groups is 1. The Morgan fingerprint density at radius 1 is 1.29 bits per heavy atom. The molecule has 0 saturated heterocycles. The molecule has 21 heavy (non-hydrogen) atoms. The molecule has 1 aromatic heterocycles. The second-order valence-electron chi connectivity index (χ2n) is 4.47. The van der Waals surface area contributed by atoms with Gasteiger partial charge in [0.05, 0.1) is 0 Å². The highest BCUT2D eigenvalue weighted by molar-refractivity contribution is 6.05. The van der Waals surface area contributed by atoms with Crippen LogP contribution in [0.5, 0.6) is 0 Å². The van der Waals surface area contributed by atoms with Crippen LogP contribution < -0.4 is 16.0 Å². The van der Waals surface area contributed by atoms with Gasteiger partial charge in [-0.2, -0.15) is 0 Å². The molecule has 0 spiro atoms. The topological polar surface area (TPSA) is 83.1 Å². The monoisotopic (exact) mass is 286 g/mol. The number of amides is 3. The molecule has 1 atom stereocenters. The Bertz CT molecular complexity index is 705. The third-order valence-corrected chi connectivity index (χ3v) is 3.03. The van der Waals surface area contributed by atoms with Crippen molar-refractivity contribution in [3.05, 3.63) is 54.0 Å². The van der Waals surface area contributed by atoms with E-state index in [1.165, 1.54) is 24.4 Å². The van der Waals surface area contributed by atoms with Crippen LogP contribution in [0.1, 0.15) is 11.6 Å². The van der Waals surface area contributed by atoms with Gasteiger partial charge in [0, 0.05) is 17.4 Å². The van der Waals surface area contributed by atoms with Crippen LogP contribution in [0.25, 0.3) is 0 Å². The second-order valence-corrected chi connectivity index (χ2v) is 4.47. The molecule has 3 N–H and O–H groups in total. The van der Waals surface area contributed by atoms with Gasteiger partial charge in [-0.1, -0.05) is 6.07 Å². The summed E-state index contributed by atoms with van der Waals surface area (Å²) in [7, 11) is 0. The SMILES string of the molecule is O=C(Nc1ccccn1)NC1C(=O)Nc2ccc(F)cc21. The van der Waals surface area contributed by atoms with Crippen LogP contribution in [0, 0.1) is 5.82 Å². The number of benzene rings is 1. The van der Waals surface area contributed by atoms with Crippen molar-refractivity contribution >= 4 is 23.4 Å². The molecular weight excluding hydrogens is 275 g/mol. The number of rotatable bonds is 2. The predicted molar refractivity (Wildman–Crippen MR) is 74.2 cm³/mol. The minimum atomic E-state index is -0.931. The molecule has 2 heterocycles. The lowest BCUT2D eigenvalue weighted by Crippen LogP contribution is -2.36. The van der Waals surface area contributed by atoms with Gasteiger partial charge in [-0.3, -0.25) is 10.1 Å². The van der Waals surface area contributed by atoms with Crippen LogP contribution in [-0.4, -0.2) is 16.9 Å². The minimum absolute atomic E-state index is 0.355. The van der Waals surface area contributed by atoms with Gasteiger partial charge in [-0.05, 0) is 30.3 Å². The molecule has 3 rings (SSSR count). The molecule has 1 unspecified atom stereocenters. The summed E-state index contributed by atoms with van der Waals surface area (Å²) in [4.78, 5) is 27.6. The number of hydrogen-bond donors (Lipinski definition) is 3. The Morgan fingerprint density at radius 3 is 2.90 bits per heavy atom. The highest BCUT2D eigenvalue weighted by Crippen LogP contribution is 2.31. The van der Waals surface area contributed by atoms with Gasteiger partial charge in [0.25, 0.3) is 5.91 Å². The normalized spacial score (nSPS) is 16.0. The Kier molecular flexibility index (Phi) is 3.23. The molecule has 106 valence electrons. The van der Waals surface area contributed by atoms with Crippen molar-refractivity contribution in [2.45, 2.75) is 6.04 Å². The largest absolute Gasteiger partial charge is 0.324 e. The summed E-state index contributed by atoms with van der Waals surface area (Å²) >= 11 is 0. The van der Waals surface area contributed by atoms with Crippen LogP contribution >= 0.6 is 0 Å². The smallest absolute Gasteiger partial charge is 0.321 e. The van der Waals surface area contributed by atoms with Crippen LogP contribution in [0.3, 0.4) is 0 Å². The zero-order chi connectivity index (χ0) is 14.8. The molecule has 6 nitrogen and oxygen atoms in total. The van der Waals surface area contributed by atoms with Crippen LogP contribution in [0.4, 0.5) is 20.7 Å². The number of pyridine rings is 1. The highest BCUT2D eigenvalue weighted by atomic mass is 19.1. The molecule has 7 heteroatoms. The van der Waals surface area contributed by atoms with E-state index in [1.54, 1.807) is 18.2 Å². The van der Waals surface area contributed by atoms with Crippen molar-refractivity contribution in [1.82, 2.24) is 10.3 Å². The van der Waals surface area contributed by atoms with E-state index >= 15 is 0 Å².